The van der Waals surface area contributed by atoms with Gasteiger partial charge in [0.2, 0.25) is 5.91 Å². The molecule has 31 heavy (non-hydrogen) atoms. The number of carbonyl (C=O) groups is 1. The zero-order valence-corrected chi connectivity index (χ0v) is 18.0. The van der Waals surface area contributed by atoms with Gasteiger partial charge in [-0.3, -0.25) is 4.79 Å². The summed E-state index contributed by atoms with van der Waals surface area (Å²) in [5, 5.41) is 7.15. The molecule has 0 saturated carbocycles. The second-order valence-corrected chi connectivity index (χ2v) is 8.01. The SMILES string of the molecule is CN(C)CCCc1cccc(NC(=O)Cc2ccc(-c3ccn4ncnc4c3)cc2)c1. The molecule has 2 aromatic heterocycles. The highest BCUT2D eigenvalue weighted by Gasteiger charge is 2.07. The minimum absolute atomic E-state index is 0.0110. The topological polar surface area (TPSA) is 62.5 Å². The Labute approximate surface area is 182 Å². The monoisotopic (exact) mass is 413 g/mol. The van der Waals surface area contributed by atoms with Gasteiger partial charge in [-0.2, -0.15) is 5.10 Å². The van der Waals surface area contributed by atoms with E-state index in [2.05, 4.69) is 46.5 Å². The van der Waals surface area contributed by atoms with Crippen molar-refractivity contribution in [2.45, 2.75) is 19.3 Å². The number of amides is 1. The van der Waals surface area contributed by atoms with Crippen LogP contribution in [0.4, 0.5) is 5.69 Å². The van der Waals surface area contributed by atoms with Crippen LogP contribution in [0, 0.1) is 0 Å². The molecule has 0 fully saturated rings. The molecule has 2 aromatic carbocycles. The maximum absolute atomic E-state index is 12.5. The summed E-state index contributed by atoms with van der Waals surface area (Å²) in [7, 11) is 4.16. The van der Waals surface area contributed by atoms with E-state index < -0.39 is 0 Å². The van der Waals surface area contributed by atoms with Gasteiger partial charge in [0.15, 0.2) is 5.65 Å². The molecule has 0 aliphatic heterocycles. The van der Waals surface area contributed by atoms with E-state index in [9.17, 15) is 4.79 Å². The summed E-state index contributed by atoms with van der Waals surface area (Å²) in [4.78, 5) is 18.9. The van der Waals surface area contributed by atoms with Crippen molar-refractivity contribution in [2.24, 2.45) is 0 Å². The number of carbonyl (C=O) groups excluding carboxylic acids is 1. The van der Waals surface area contributed by atoms with Crippen molar-refractivity contribution in [2.75, 3.05) is 26.0 Å². The van der Waals surface area contributed by atoms with Crippen LogP contribution in [0.3, 0.4) is 0 Å². The molecule has 0 radical (unpaired) electrons. The largest absolute Gasteiger partial charge is 0.326 e. The molecule has 0 saturated heterocycles. The van der Waals surface area contributed by atoms with Gasteiger partial charge in [0.05, 0.1) is 6.42 Å². The molecular formula is C25H27N5O. The lowest BCUT2D eigenvalue weighted by Gasteiger charge is -2.10. The Morgan fingerprint density at radius 3 is 2.65 bits per heavy atom. The third-order valence-corrected chi connectivity index (χ3v) is 5.21. The van der Waals surface area contributed by atoms with Gasteiger partial charge in [-0.25, -0.2) is 9.50 Å². The van der Waals surface area contributed by atoms with Gasteiger partial charge in [-0.1, -0.05) is 36.4 Å². The quantitative estimate of drug-likeness (QED) is 0.473. The number of nitrogens with one attached hydrogen (secondary N) is 1. The number of anilines is 1. The molecule has 1 amide bonds. The number of aryl methyl sites for hydroxylation is 1. The molecule has 6 heteroatoms. The van der Waals surface area contributed by atoms with Gasteiger partial charge in [0, 0.05) is 11.9 Å². The Bertz CT molecular complexity index is 1160. The van der Waals surface area contributed by atoms with E-state index >= 15 is 0 Å². The maximum Gasteiger partial charge on any atom is 0.228 e. The molecule has 0 atom stereocenters. The molecule has 0 unspecified atom stereocenters. The van der Waals surface area contributed by atoms with Gasteiger partial charge in [-0.05, 0) is 80.0 Å². The second-order valence-electron chi connectivity index (χ2n) is 8.01. The number of aromatic nitrogens is 3. The summed E-state index contributed by atoms with van der Waals surface area (Å²) >= 11 is 0. The van der Waals surface area contributed by atoms with Crippen molar-refractivity contribution in [1.82, 2.24) is 19.5 Å². The van der Waals surface area contributed by atoms with Crippen LogP contribution in [0.2, 0.25) is 0 Å². The fourth-order valence-corrected chi connectivity index (χ4v) is 3.60. The number of fused-ring (bicyclic) bond motifs is 1. The molecule has 158 valence electrons. The van der Waals surface area contributed by atoms with Crippen molar-refractivity contribution in [3.8, 4) is 11.1 Å². The van der Waals surface area contributed by atoms with E-state index in [-0.39, 0.29) is 5.91 Å². The molecule has 4 aromatic rings. The standard InChI is InChI=1S/C25H27N5O/c1-29(2)13-4-6-19-5-3-7-23(15-19)28-25(31)16-20-8-10-21(11-9-20)22-12-14-30-24(17-22)26-18-27-30/h3,5,7-12,14-15,17-18H,4,6,13,16H2,1-2H3,(H,28,31). The number of nitrogens with zero attached hydrogens (tertiary/aromatic N) is 4. The first kappa shape index (κ1) is 20.8. The molecule has 6 nitrogen and oxygen atoms in total. The van der Waals surface area contributed by atoms with Crippen LogP contribution < -0.4 is 5.32 Å². The molecule has 0 aliphatic rings. The highest BCUT2D eigenvalue weighted by atomic mass is 16.1. The maximum atomic E-state index is 12.5. The van der Waals surface area contributed by atoms with Crippen LogP contribution in [-0.4, -0.2) is 46.0 Å². The number of benzene rings is 2. The van der Waals surface area contributed by atoms with Gasteiger partial charge < -0.3 is 10.2 Å². The van der Waals surface area contributed by atoms with Crippen molar-refractivity contribution >= 4 is 17.2 Å². The first-order chi connectivity index (χ1) is 15.1. The van der Waals surface area contributed by atoms with Crippen LogP contribution in [-0.2, 0) is 17.6 Å². The minimum Gasteiger partial charge on any atom is -0.326 e. The van der Waals surface area contributed by atoms with E-state index in [4.69, 9.17) is 0 Å². The fraction of sp³-hybridized carbons (Fsp3) is 0.240. The van der Waals surface area contributed by atoms with Crippen LogP contribution >= 0.6 is 0 Å². The highest BCUT2D eigenvalue weighted by molar-refractivity contribution is 5.92. The van der Waals surface area contributed by atoms with Crippen LogP contribution in [0.25, 0.3) is 16.8 Å². The van der Waals surface area contributed by atoms with Gasteiger partial charge >= 0.3 is 0 Å². The average Bonchev–Trinajstić information content (AvgIpc) is 3.22. The van der Waals surface area contributed by atoms with E-state index in [0.717, 1.165) is 47.4 Å². The predicted octanol–water partition coefficient (Wildman–Crippen LogP) is 4.07. The number of pyridine rings is 1. The number of hydrogen-bond donors (Lipinski definition) is 1. The molecule has 0 aliphatic carbocycles. The molecule has 1 N–H and O–H groups in total. The Balaban J connectivity index is 1.35. The van der Waals surface area contributed by atoms with Crippen molar-refractivity contribution in [1.29, 1.82) is 0 Å². The lowest BCUT2D eigenvalue weighted by atomic mass is 10.0. The Kier molecular flexibility index (Phi) is 6.38. The number of hydrogen-bond acceptors (Lipinski definition) is 4. The average molecular weight is 414 g/mol. The smallest absolute Gasteiger partial charge is 0.228 e. The lowest BCUT2D eigenvalue weighted by Crippen LogP contribution is -2.15. The van der Waals surface area contributed by atoms with E-state index in [1.165, 1.54) is 5.56 Å². The fourth-order valence-electron chi connectivity index (χ4n) is 3.60. The van der Waals surface area contributed by atoms with Crippen molar-refractivity contribution in [3.05, 3.63) is 84.3 Å². The Morgan fingerprint density at radius 2 is 1.84 bits per heavy atom. The van der Waals surface area contributed by atoms with Gasteiger partial charge in [0.1, 0.15) is 6.33 Å². The van der Waals surface area contributed by atoms with Crippen molar-refractivity contribution < 1.29 is 4.79 Å². The van der Waals surface area contributed by atoms with Crippen LogP contribution in [0.5, 0.6) is 0 Å². The summed E-state index contributed by atoms with van der Waals surface area (Å²) in [6.45, 7) is 1.05. The van der Waals surface area contributed by atoms with Gasteiger partial charge in [-0.15, -0.1) is 0 Å². The summed E-state index contributed by atoms with van der Waals surface area (Å²) < 4.78 is 1.74. The van der Waals surface area contributed by atoms with Crippen LogP contribution in [0.1, 0.15) is 17.5 Å². The lowest BCUT2D eigenvalue weighted by molar-refractivity contribution is -0.115. The van der Waals surface area contributed by atoms with E-state index in [0.29, 0.717) is 6.42 Å². The van der Waals surface area contributed by atoms with Gasteiger partial charge in [0.25, 0.3) is 0 Å². The normalized spacial score (nSPS) is 11.2. The summed E-state index contributed by atoms with van der Waals surface area (Å²) in [6.07, 6.45) is 5.88. The second kappa shape index (κ2) is 9.53. The summed E-state index contributed by atoms with van der Waals surface area (Å²) in [5.74, 6) is -0.0110. The molecule has 4 rings (SSSR count). The molecule has 0 bridgehead atoms. The van der Waals surface area contributed by atoms with E-state index in [1.807, 2.05) is 54.7 Å². The first-order valence-corrected chi connectivity index (χ1v) is 10.5. The summed E-state index contributed by atoms with van der Waals surface area (Å²) in [5.41, 5.74) is 6.04. The third kappa shape index (κ3) is 5.55. The van der Waals surface area contributed by atoms with Crippen molar-refractivity contribution in [3.63, 3.8) is 0 Å². The Hall–Kier alpha value is -3.51. The third-order valence-electron chi connectivity index (χ3n) is 5.21. The van der Waals surface area contributed by atoms with Crippen LogP contribution in [0.15, 0.2) is 73.2 Å². The van der Waals surface area contributed by atoms with E-state index in [1.54, 1.807) is 10.8 Å². The molecular weight excluding hydrogens is 386 g/mol. The molecule has 2 heterocycles. The number of rotatable bonds is 8. The summed E-state index contributed by atoms with van der Waals surface area (Å²) in [6, 6.07) is 20.2. The molecule has 0 spiro atoms. The zero-order valence-electron chi connectivity index (χ0n) is 18.0. The predicted molar refractivity (Wildman–Crippen MR) is 124 cm³/mol. The minimum atomic E-state index is -0.0110. The first-order valence-electron chi connectivity index (χ1n) is 10.5. The zero-order chi connectivity index (χ0) is 21.6. The highest BCUT2D eigenvalue weighted by Crippen LogP contribution is 2.21. The Morgan fingerprint density at radius 1 is 1.00 bits per heavy atom.